The fourth-order valence-electron chi connectivity index (χ4n) is 3.82. The second-order valence-electron chi connectivity index (χ2n) is 6.47. The predicted molar refractivity (Wildman–Crippen MR) is 99.0 cm³/mol. The van der Waals surface area contributed by atoms with E-state index in [2.05, 4.69) is 59.3 Å². The molecule has 0 N–H and O–H groups in total. The summed E-state index contributed by atoms with van der Waals surface area (Å²) in [5.41, 5.74) is 4.95. The highest BCUT2D eigenvalue weighted by molar-refractivity contribution is 5.93. The second kappa shape index (κ2) is 6.16. The summed E-state index contributed by atoms with van der Waals surface area (Å²) in [5, 5.41) is 1.25. The van der Waals surface area contributed by atoms with Crippen LogP contribution >= 0.6 is 0 Å². The number of aryl methyl sites for hydroxylation is 1. The minimum Gasteiger partial charge on any atom is -0.496 e. The van der Waals surface area contributed by atoms with E-state index in [0.717, 1.165) is 30.8 Å². The Balaban J connectivity index is 1.67. The molecule has 2 aromatic carbocycles. The Morgan fingerprint density at radius 2 is 1.96 bits per heavy atom. The van der Waals surface area contributed by atoms with E-state index < -0.39 is 0 Å². The topological polar surface area (TPSA) is 25.4 Å². The number of hydrogen-bond acceptors (Lipinski definition) is 3. The number of nitrogens with zero attached hydrogens (tertiary/aromatic N) is 2. The molecule has 0 aliphatic carbocycles. The van der Waals surface area contributed by atoms with Gasteiger partial charge in [-0.2, -0.15) is 0 Å². The lowest BCUT2D eigenvalue weighted by molar-refractivity contribution is 0.406. The van der Waals surface area contributed by atoms with Gasteiger partial charge in [0, 0.05) is 36.3 Å². The van der Waals surface area contributed by atoms with Gasteiger partial charge < -0.3 is 9.64 Å². The lowest BCUT2D eigenvalue weighted by Gasteiger charge is -2.21. The van der Waals surface area contributed by atoms with E-state index in [1.165, 1.54) is 22.2 Å². The molecule has 3 heteroatoms. The first-order chi connectivity index (χ1) is 11.8. The van der Waals surface area contributed by atoms with Crippen molar-refractivity contribution >= 4 is 16.6 Å². The zero-order valence-corrected chi connectivity index (χ0v) is 14.2. The van der Waals surface area contributed by atoms with Gasteiger partial charge in [0.15, 0.2) is 0 Å². The molecular weight excluding hydrogens is 296 g/mol. The maximum Gasteiger partial charge on any atom is 0.122 e. The number of ether oxygens (including phenoxy) is 1. The molecule has 0 amide bonds. The molecule has 4 rings (SSSR count). The molecule has 0 radical (unpaired) electrons. The van der Waals surface area contributed by atoms with Crippen molar-refractivity contribution in [3.63, 3.8) is 0 Å². The van der Waals surface area contributed by atoms with Gasteiger partial charge in [-0.15, -0.1) is 0 Å². The normalized spacial score (nSPS) is 17.4. The van der Waals surface area contributed by atoms with Crippen LogP contribution in [0.25, 0.3) is 10.9 Å². The highest BCUT2D eigenvalue weighted by Crippen LogP contribution is 2.37. The third kappa shape index (κ3) is 2.50. The molecule has 3 aromatic rings. The van der Waals surface area contributed by atoms with Gasteiger partial charge in [-0.05, 0) is 36.6 Å². The van der Waals surface area contributed by atoms with Crippen molar-refractivity contribution in [2.75, 3.05) is 25.1 Å². The highest BCUT2D eigenvalue weighted by Gasteiger charge is 2.27. The average molecular weight is 318 g/mol. The van der Waals surface area contributed by atoms with E-state index in [1.807, 2.05) is 12.3 Å². The monoisotopic (exact) mass is 318 g/mol. The number of hydrogen-bond donors (Lipinski definition) is 0. The lowest BCUT2D eigenvalue weighted by Crippen LogP contribution is -2.19. The van der Waals surface area contributed by atoms with Gasteiger partial charge in [-0.25, -0.2) is 0 Å². The van der Waals surface area contributed by atoms with E-state index in [1.54, 1.807) is 7.11 Å². The van der Waals surface area contributed by atoms with Gasteiger partial charge in [0.05, 0.1) is 12.6 Å². The molecule has 3 nitrogen and oxygen atoms in total. The van der Waals surface area contributed by atoms with E-state index in [0.29, 0.717) is 5.92 Å². The van der Waals surface area contributed by atoms with Crippen molar-refractivity contribution in [1.29, 1.82) is 0 Å². The van der Waals surface area contributed by atoms with Crippen LogP contribution in [0.5, 0.6) is 5.75 Å². The van der Waals surface area contributed by atoms with Gasteiger partial charge in [0.2, 0.25) is 0 Å². The maximum atomic E-state index is 5.56. The molecule has 1 saturated heterocycles. The van der Waals surface area contributed by atoms with E-state index >= 15 is 0 Å². The largest absolute Gasteiger partial charge is 0.496 e. The van der Waals surface area contributed by atoms with Crippen LogP contribution in [0.1, 0.15) is 23.5 Å². The summed E-state index contributed by atoms with van der Waals surface area (Å²) in [6.07, 6.45) is 3.08. The van der Waals surface area contributed by atoms with E-state index in [4.69, 9.17) is 4.74 Å². The van der Waals surface area contributed by atoms with Gasteiger partial charge in [-0.1, -0.05) is 36.4 Å². The van der Waals surface area contributed by atoms with Crippen molar-refractivity contribution in [2.45, 2.75) is 19.3 Å². The number of pyridine rings is 1. The fourth-order valence-corrected chi connectivity index (χ4v) is 3.82. The Bertz CT molecular complexity index is 875. The first-order valence-corrected chi connectivity index (χ1v) is 8.50. The summed E-state index contributed by atoms with van der Waals surface area (Å²) in [7, 11) is 1.75. The Morgan fingerprint density at radius 3 is 2.83 bits per heavy atom. The van der Waals surface area contributed by atoms with Crippen LogP contribution in [-0.4, -0.2) is 25.2 Å². The SMILES string of the molecule is COc1ccccc1C1CCN(c2ccnc3c(C)cccc23)C1. The summed E-state index contributed by atoms with van der Waals surface area (Å²) >= 11 is 0. The molecule has 24 heavy (non-hydrogen) atoms. The molecule has 1 fully saturated rings. The quantitative estimate of drug-likeness (QED) is 0.708. The summed E-state index contributed by atoms with van der Waals surface area (Å²) in [4.78, 5) is 7.06. The van der Waals surface area contributed by atoms with Crippen LogP contribution in [-0.2, 0) is 0 Å². The zero-order valence-electron chi connectivity index (χ0n) is 14.2. The van der Waals surface area contributed by atoms with E-state index in [-0.39, 0.29) is 0 Å². The first kappa shape index (κ1) is 15.0. The highest BCUT2D eigenvalue weighted by atomic mass is 16.5. The van der Waals surface area contributed by atoms with Crippen LogP contribution in [0.4, 0.5) is 5.69 Å². The molecule has 0 bridgehead atoms. The molecule has 1 aliphatic heterocycles. The Hall–Kier alpha value is -2.55. The Kier molecular flexibility index (Phi) is 3.85. The Labute approximate surface area is 142 Å². The number of anilines is 1. The first-order valence-electron chi connectivity index (χ1n) is 8.50. The van der Waals surface area contributed by atoms with Crippen LogP contribution < -0.4 is 9.64 Å². The van der Waals surface area contributed by atoms with Gasteiger partial charge in [0.1, 0.15) is 5.75 Å². The van der Waals surface area contributed by atoms with Crippen molar-refractivity contribution in [2.24, 2.45) is 0 Å². The fraction of sp³-hybridized carbons (Fsp3) is 0.286. The summed E-state index contributed by atoms with van der Waals surface area (Å²) < 4.78 is 5.56. The minimum atomic E-state index is 0.508. The number of benzene rings is 2. The number of fused-ring (bicyclic) bond motifs is 1. The third-order valence-electron chi connectivity index (χ3n) is 5.06. The molecular formula is C21H22N2O. The van der Waals surface area contributed by atoms with Crippen molar-refractivity contribution in [3.05, 3.63) is 65.9 Å². The average Bonchev–Trinajstić information content (AvgIpc) is 3.11. The molecule has 122 valence electrons. The lowest BCUT2D eigenvalue weighted by atomic mass is 9.97. The molecule has 1 aromatic heterocycles. The molecule has 0 saturated carbocycles. The minimum absolute atomic E-state index is 0.508. The van der Waals surface area contributed by atoms with E-state index in [9.17, 15) is 0 Å². The van der Waals surface area contributed by atoms with Crippen molar-refractivity contribution < 1.29 is 4.74 Å². The van der Waals surface area contributed by atoms with Gasteiger partial charge in [0.25, 0.3) is 0 Å². The predicted octanol–water partition coefficient (Wildman–Crippen LogP) is 4.55. The molecule has 1 atom stereocenters. The van der Waals surface area contributed by atoms with Crippen LogP contribution in [0, 0.1) is 6.92 Å². The van der Waals surface area contributed by atoms with Crippen molar-refractivity contribution in [1.82, 2.24) is 4.98 Å². The second-order valence-corrected chi connectivity index (χ2v) is 6.47. The molecule has 0 spiro atoms. The molecule has 1 unspecified atom stereocenters. The van der Waals surface area contributed by atoms with Crippen molar-refractivity contribution in [3.8, 4) is 5.75 Å². The third-order valence-corrected chi connectivity index (χ3v) is 5.06. The zero-order chi connectivity index (χ0) is 16.5. The number of methoxy groups -OCH3 is 1. The number of aromatic nitrogens is 1. The molecule has 1 aliphatic rings. The van der Waals surface area contributed by atoms with Gasteiger partial charge in [-0.3, -0.25) is 4.98 Å². The maximum absolute atomic E-state index is 5.56. The number of rotatable bonds is 3. The smallest absolute Gasteiger partial charge is 0.122 e. The Morgan fingerprint density at radius 1 is 1.08 bits per heavy atom. The summed E-state index contributed by atoms with van der Waals surface area (Å²) in [6, 6.07) is 17.0. The van der Waals surface area contributed by atoms with Crippen LogP contribution in [0.15, 0.2) is 54.7 Å². The molecule has 2 heterocycles. The van der Waals surface area contributed by atoms with Gasteiger partial charge >= 0.3 is 0 Å². The standard InChI is InChI=1S/C21H22N2O/c1-15-6-5-8-18-19(10-12-22-21(15)18)23-13-11-16(14-23)17-7-3-4-9-20(17)24-2/h3-10,12,16H,11,13-14H2,1-2H3. The number of para-hydroxylation sites is 2. The van der Waals surface area contributed by atoms with Crippen LogP contribution in [0.3, 0.4) is 0 Å². The summed E-state index contributed by atoms with van der Waals surface area (Å²) in [6.45, 7) is 4.21. The summed E-state index contributed by atoms with van der Waals surface area (Å²) in [5.74, 6) is 1.51. The van der Waals surface area contributed by atoms with Crippen LogP contribution in [0.2, 0.25) is 0 Å².